The van der Waals surface area contributed by atoms with Crippen LogP contribution in [-0.4, -0.2) is 22.2 Å². The summed E-state index contributed by atoms with van der Waals surface area (Å²) in [6.07, 6.45) is 0. The summed E-state index contributed by atoms with van der Waals surface area (Å²) in [6, 6.07) is 18.0. The molecule has 0 aliphatic heterocycles. The molecule has 0 aliphatic carbocycles. The molecule has 2 rings (SSSR count). The van der Waals surface area contributed by atoms with Gasteiger partial charge in [0.25, 0.3) is 0 Å². The fourth-order valence-corrected chi connectivity index (χ4v) is 1.20. The molecule has 4 nitrogen and oxygen atoms in total. The molecule has 0 fully saturated rings. The van der Waals surface area contributed by atoms with Crippen LogP contribution >= 0.6 is 0 Å². The van der Waals surface area contributed by atoms with Crippen LogP contribution in [0.4, 0.5) is 0 Å². The van der Waals surface area contributed by atoms with Crippen LogP contribution in [0.2, 0.25) is 0 Å². The number of benzene rings is 2. The number of carboxylic acid groups (broad SMARTS) is 2. The Balaban J connectivity index is 0.000000392. The maximum absolute atomic E-state index is 10.5. The van der Waals surface area contributed by atoms with Crippen molar-refractivity contribution < 1.29 is 49.4 Å². The Morgan fingerprint density at radius 3 is 1.42 bits per heavy atom. The number of hydrogen-bond donors (Lipinski definition) is 2. The molecule has 0 saturated carbocycles. The number of hydrogen-bond acceptors (Lipinski definition) is 2. The molecule has 0 spiro atoms. The van der Waals surface area contributed by atoms with Gasteiger partial charge in [0.05, 0.1) is 11.1 Å². The van der Waals surface area contributed by atoms with Crippen molar-refractivity contribution in [1.82, 2.24) is 0 Å². The molecule has 0 amide bonds. The molecule has 0 unspecified atom stereocenters. The summed E-state index contributed by atoms with van der Waals surface area (Å²) in [5, 5.41) is 17.1. The van der Waals surface area contributed by atoms with E-state index in [1.54, 1.807) is 0 Å². The first-order valence-electron chi connectivity index (χ1n) is 5.09. The molecule has 0 bridgehead atoms. The third kappa shape index (κ3) is 6.20. The van der Waals surface area contributed by atoms with Crippen molar-refractivity contribution in [2.24, 2.45) is 0 Å². The smallest absolute Gasteiger partial charge is 0.478 e. The third-order valence-electron chi connectivity index (χ3n) is 2.00. The molecule has 5 heteroatoms. The molecule has 2 aromatic carbocycles. The normalized spacial score (nSPS) is 8.42. The largest absolute Gasteiger partial charge is 1.00 e. The monoisotopic (exact) mass is 266 g/mol. The van der Waals surface area contributed by atoms with Gasteiger partial charge in [-0.05, 0) is 12.1 Å². The second-order valence-electron chi connectivity index (χ2n) is 3.23. The van der Waals surface area contributed by atoms with Crippen molar-refractivity contribution in [2.45, 2.75) is 0 Å². The standard InChI is InChI=1S/C8H6O4.C6H5.Na/c9-7(10)5-3-1-2-4-6(5)8(11)12;1-2-4-6-5-3-1;/h1-4H,(H,9,10)(H,11,12);1-5H;/q;-1;+1. The molecule has 19 heavy (non-hydrogen) atoms. The zero-order valence-corrected chi connectivity index (χ0v) is 12.4. The van der Waals surface area contributed by atoms with Gasteiger partial charge in [0.15, 0.2) is 0 Å². The Labute approximate surface area is 133 Å². The van der Waals surface area contributed by atoms with Gasteiger partial charge in [0.1, 0.15) is 0 Å². The van der Waals surface area contributed by atoms with Gasteiger partial charge in [-0.2, -0.15) is 36.4 Å². The predicted octanol–water partition coefficient (Wildman–Crippen LogP) is -0.426. The molecule has 0 aromatic heterocycles. The fourth-order valence-electron chi connectivity index (χ4n) is 1.20. The van der Waals surface area contributed by atoms with E-state index < -0.39 is 11.9 Å². The molecule has 0 saturated heterocycles. The van der Waals surface area contributed by atoms with E-state index in [-0.39, 0.29) is 40.7 Å². The van der Waals surface area contributed by atoms with Crippen LogP contribution in [0.5, 0.6) is 0 Å². The van der Waals surface area contributed by atoms with Crippen molar-refractivity contribution in [3.8, 4) is 0 Å². The number of carbonyl (C=O) groups is 2. The molecular weight excluding hydrogens is 255 g/mol. The van der Waals surface area contributed by atoms with Gasteiger partial charge in [-0.25, -0.2) is 9.59 Å². The Hall–Kier alpha value is -1.62. The van der Waals surface area contributed by atoms with Gasteiger partial charge < -0.3 is 10.2 Å². The van der Waals surface area contributed by atoms with Gasteiger partial charge in [-0.3, -0.25) is 0 Å². The molecule has 92 valence electrons. The summed E-state index contributed by atoms with van der Waals surface area (Å²) in [5.41, 5.74) is -0.380. The van der Waals surface area contributed by atoms with Crippen LogP contribution < -0.4 is 29.6 Å². The predicted molar refractivity (Wildman–Crippen MR) is 65.6 cm³/mol. The maximum Gasteiger partial charge on any atom is 1.00 e. The van der Waals surface area contributed by atoms with Gasteiger partial charge in [-0.1, -0.05) is 12.1 Å². The maximum atomic E-state index is 10.5. The van der Waals surface area contributed by atoms with E-state index in [9.17, 15) is 9.59 Å². The molecule has 2 aromatic rings. The Kier molecular flexibility index (Phi) is 8.53. The van der Waals surface area contributed by atoms with Crippen molar-refractivity contribution in [3.63, 3.8) is 0 Å². The first-order chi connectivity index (χ1) is 8.63. The molecule has 0 radical (unpaired) electrons. The second kappa shape index (κ2) is 9.33. The average molecular weight is 266 g/mol. The minimum Gasteiger partial charge on any atom is -0.478 e. The molecular formula is C14H11NaO4. The Bertz CT molecular complexity index is 466. The average Bonchev–Trinajstić information content (AvgIpc) is 2.41. The number of aromatic carboxylic acids is 2. The molecule has 0 atom stereocenters. The summed E-state index contributed by atoms with van der Waals surface area (Å²) in [7, 11) is 0. The SMILES string of the molecule is O=C(O)c1ccccc1C(=O)O.[Na+].[c-]1ccccc1. The summed E-state index contributed by atoms with van der Waals surface area (Å²) in [4.78, 5) is 20.9. The summed E-state index contributed by atoms with van der Waals surface area (Å²) >= 11 is 0. The van der Waals surface area contributed by atoms with E-state index >= 15 is 0 Å². The third-order valence-corrected chi connectivity index (χ3v) is 2.00. The summed E-state index contributed by atoms with van der Waals surface area (Å²) in [5.74, 6) is -2.46. The van der Waals surface area contributed by atoms with Gasteiger partial charge in [0, 0.05) is 0 Å². The zero-order valence-electron chi connectivity index (χ0n) is 10.4. The fraction of sp³-hybridized carbons (Fsp3) is 0. The van der Waals surface area contributed by atoms with E-state index in [0.29, 0.717) is 0 Å². The topological polar surface area (TPSA) is 74.6 Å². The molecule has 0 heterocycles. The van der Waals surface area contributed by atoms with E-state index in [2.05, 4.69) is 6.07 Å². The van der Waals surface area contributed by atoms with Gasteiger partial charge in [-0.15, -0.1) is 0 Å². The van der Waals surface area contributed by atoms with E-state index in [1.807, 2.05) is 30.3 Å². The number of rotatable bonds is 2. The molecule has 2 N–H and O–H groups in total. The van der Waals surface area contributed by atoms with Crippen LogP contribution in [0.25, 0.3) is 0 Å². The van der Waals surface area contributed by atoms with Crippen molar-refractivity contribution in [2.75, 3.05) is 0 Å². The summed E-state index contributed by atoms with van der Waals surface area (Å²) < 4.78 is 0. The van der Waals surface area contributed by atoms with Crippen LogP contribution in [0.1, 0.15) is 20.7 Å². The summed E-state index contributed by atoms with van der Waals surface area (Å²) in [6.45, 7) is 0. The number of carboxylic acids is 2. The zero-order chi connectivity index (χ0) is 13.4. The van der Waals surface area contributed by atoms with Gasteiger partial charge >= 0.3 is 41.5 Å². The van der Waals surface area contributed by atoms with Crippen LogP contribution in [0, 0.1) is 6.07 Å². The van der Waals surface area contributed by atoms with E-state index in [4.69, 9.17) is 10.2 Å². The Morgan fingerprint density at radius 1 is 0.789 bits per heavy atom. The first-order valence-corrected chi connectivity index (χ1v) is 5.09. The van der Waals surface area contributed by atoms with Crippen molar-refractivity contribution in [3.05, 3.63) is 71.8 Å². The van der Waals surface area contributed by atoms with Crippen LogP contribution in [0.15, 0.2) is 54.6 Å². The van der Waals surface area contributed by atoms with Crippen LogP contribution in [-0.2, 0) is 0 Å². The van der Waals surface area contributed by atoms with Gasteiger partial charge in [0.2, 0.25) is 0 Å². The van der Waals surface area contributed by atoms with Crippen molar-refractivity contribution in [1.29, 1.82) is 0 Å². The minimum atomic E-state index is -1.23. The minimum absolute atomic E-state index is 0. The Morgan fingerprint density at radius 2 is 1.21 bits per heavy atom. The van der Waals surface area contributed by atoms with E-state index in [0.717, 1.165) is 0 Å². The van der Waals surface area contributed by atoms with E-state index in [1.165, 1.54) is 24.3 Å². The molecule has 0 aliphatic rings. The first kappa shape index (κ1) is 17.4. The van der Waals surface area contributed by atoms with Crippen molar-refractivity contribution >= 4 is 11.9 Å². The second-order valence-corrected chi connectivity index (χ2v) is 3.23. The quantitative estimate of drug-likeness (QED) is 0.571. The van der Waals surface area contributed by atoms with Crippen LogP contribution in [0.3, 0.4) is 0 Å².